The van der Waals surface area contributed by atoms with Crippen LogP contribution in [0.5, 0.6) is 0 Å². The third kappa shape index (κ3) is 4.04. The standard InChI is InChI=1S/C43H37BN2S2/c1-42(2,3)28-22-33-37-34(23-28)46(30-16-10-7-11-17-30)39-32-20-26-24-43(4,5)25-27(26)21-36(32)48-41(39)44(37)40-38(31-18-12-13-19-35(31)47-40)45(33)29-14-8-6-9-15-29/h6-23H,24-25H2,1-5H3. The fourth-order valence-electron chi connectivity index (χ4n) is 8.60. The van der Waals surface area contributed by atoms with Crippen molar-refractivity contribution in [3.63, 3.8) is 0 Å². The molecule has 5 heteroatoms. The SMILES string of the molecule is CC1(C)Cc2cc3sc4c(c3cc2C1)N(c1ccccc1)c1cc(C(C)(C)C)cc2c1B4c1sc3ccccc3c1N2c1ccccc1. The molecule has 7 aromatic rings. The van der Waals surface area contributed by atoms with E-state index in [9.17, 15) is 0 Å². The molecule has 2 aromatic heterocycles. The Hall–Kier alpha value is -4.32. The van der Waals surface area contributed by atoms with Crippen LogP contribution in [0.3, 0.4) is 0 Å². The number of para-hydroxylation sites is 2. The number of hydrogen-bond acceptors (Lipinski definition) is 4. The number of nitrogens with zero attached hydrogens (tertiary/aromatic N) is 2. The topological polar surface area (TPSA) is 6.48 Å². The van der Waals surface area contributed by atoms with Crippen molar-refractivity contribution in [3.8, 4) is 0 Å². The average molecular weight is 657 g/mol. The number of anilines is 6. The highest BCUT2D eigenvalue weighted by molar-refractivity contribution is 7.40. The molecule has 0 atom stereocenters. The predicted molar refractivity (Wildman–Crippen MR) is 211 cm³/mol. The van der Waals surface area contributed by atoms with Gasteiger partial charge in [0, 0.05) is 52.5 Å². The zero-order valence-corrected chi connectivity index (χ0v) is 29.7. The van der Waals surface area contributed by atoms with Gasteiger partial charge in [0.2, 0.25) is 0 Å². The Bertz CT molecular complexity index is 2430. The van der Waals surface area contributed by atoms with Gasteiger partial charge in [0.1, 0.15) is 0 Å². The van der Waals surface area contributed by atoms with Crippen LogP contribution in [0.15, 0.2) is 109 Å². The first-order chi connectivity index (χ1) is 23.2. The lowest BCUT2D eigenvalue weighted by Gasteiger charge is -2.43. The third-order valence-electron chi connectivity index (χ3n) is 10.7. The summed E-state index contributed by atoms with van der Waals surface area (Å²) in [5, 5.41) is 2.74. The summed E-state index contributed by atoms with van der Waals surface area (Å²) in [4.78, 5) is 5.20. The van der Waals surface area contributed by atoms with Crippen molar-refractivity contribution < 1.29 is 0 Å². The van der Waals surface area contributed by atoms with E-state index in [0.717, 1.165) is 12.8 Å². The van der Waals surface area contributed by atoms with Gasteiger partial charge in [0.05, 0.1) is 11.4 Å². The number of thiophene rings is 2. The molecule has 0 bridgehead atoms. The fraction of sp³-hybridized carbons (Fsp3) is 0.209. The predicted octanol–water partition coefficient (Wildman–Crippen LogP) is 10.6. The van der Waals surface area contributed by atoms with E-state index in [0.29, 0.717) is 5.41 Å². The summed E-state index contributed by atoms with van der Waals surface area (Å²) >= 11 is 4.02. The van der Waals surface area contributed by atoms with Gasteiger partial charge in [-0.3, -0.25) is 0 Å². The number of hydrogen-bond donors (Lipinski definition) is 0. The Morgan fingerprint density at radius 2 is 1.12 bits per heavy atom. The molecule has 2 aliphatic heterocycles. The smallest absolute Gasteiger partial charge is 0.277 e. The molecule has 1 aliphatic carbocycles. The minimum Gasteiger partial charge on any atom is -0.310 e. The van der Waals surface area contributed by atoms with Gasteiger partial charge in [0.15, 0.2) is 0 Å². The van der Waals surface area contributed by atoms with Gasteiger partial charge in [-0.25, -0.2) is 0 Å². The lowest BCUT2D eigenvalue weighted by Crippen LogP contribution is -2.59. The van der Waals surface area contributed by atoms with Crippen molar-refractivity contribution in [2.24, 2.45) is 5.41 Å². The van der Waals surface area contributed by atoms with Crippen molar-refractivity contribution in [3.05, 3.63) is 126 Å². The molecule has 5 aromatic carbocycles. The molecule has 0 saturated carbocycles. The Morgan fingerprint density at radius 3 is 1.73 bits per heavy atom. The third-order valence-corrected chi connectivity index (χ3v) is 13.1. The monoisotopic (exact) mass is 656 g/mol. The van der Waals surface area contributed by atoms with E-state index in [1.165, 1.54) is 86.0 Å². The van der Waals surface area contributed by atoms with Gasteiger partial charge in [0.25, 0.3) is 6.71 Å². The molecule has 234 valence electrons. The maximum atomic E-state index is 2.62. The van der Waals surface area contributed by atoms with Crippen LogP contribution in [0.25, 0.3) is 20.2 Å². The number of rotatable bonds is 2. The Labute approximate surface area is 291 Å². The van der Waals surface area contributed by atoms with Crippen molar-refractivity contribution >= 4 is 98.7 Å². The van der Waals surface area contributed by atoms with E-state index in [-0.39, 0.29) is 12.1 Å². The van der Waals surface area contributed by atoms with E-state index < -0.39 is 0 Å². The largest absolute Gasteiger partial charge is 0.310 e. The van der Waals surface area contributed by atoms with Crippen LogP contribution >= 0.6 is 22.7 Å². The minimum absolute atomic E-state index is 0.0356. The molecule has 0 unspecified atom stereocenters. The highest BCUT2D eigenvalue weighted by atomic mass is 32.1. The first kappa shape index (κ1) is 28.7. The summed E-state index contributed by atoms with van der Waals surface area (Å²) in [5.74, 6) is 0. The van der Waals surface area contributed by atoms with Crippen LogP contribution in [0.4, 0.5) is 34.1 Å². The minimum atomic E-state index is -0.0356. The summed E-state index contributed by atoms with van der Waals surface area (Å²) < 4.78 is 5.68. The normalized spacial score (nSPS) is 15.9. The highest BCUT2D eigenvalue weighted by Gasteiger charge is 2.47. The first-order valence-corrected chi connectivity index (χ1v) is 18.8. The van der Waals surface area contributed by atoms with Gasteiger partial charge in [-0.05, 0) is 100 Å². The molecule has 3 aliphatic rings. The van der Waals surface area contributed by atoms with Crippen LogP contribution < -0.4 is 24.8 Å². The second-order valence-electron chi connectivity index (χ2n) is 15.7. The van der Waals surface area contributed by atoms with Crippen molar-refractivity contribution in [2.45, 2.75) is 52.9 Å². The van der Waals surface area contributed by atoms with Gasteiger partial charge in [-0.1, -0.05) is 89.2 Å². The van der Waals surface area contributed by atoms with Crippen molar-refractivity contribution in [1.29, 1.82) is 0 Å². The Balaban J connectivity index is 1.37. The number of benzene rings is 5. The lowest BCUT2D eigenvalue weighted by atomic mass is 9.39. The molecule has 10 rings (SSSR count). The molecular weight excluding hydrogens is 619 g/mol. The molecular formula is C43H37BN2S2. The summed E-state index contributed by atoms with van der Waals surface area (Å²) in [7, 11) is 0. The van der Waals surface area contributed by atoms with Crippen LogP contribution in [-0.2, 0) is 18.3 Å². The molecule has 48 heavy (non-hydrogen) atoms. The second-order valence-corrected chi connectivity index (χ2v) is 17.9. The molecule has 0 amide bonds. The second kappa shape index (κ2) is 9.87. The van der Waals surface area contributed by atoms with E-state index in [1.54, 1.807) is 0 Å². The van der Waals surface area contributed by atoms with Gasteiger partial charge in [-0.2, -0.15) is 0 Å². The van der Waals surface area contributed by atoms with Crippen LogP contribution in [0.2, 0.25) is 0 Å². The summed E-state index contributed by atoms with van der Waals surface area (Å²) in [6, 6.07) is 41.3. The summed E-state index contributed by atoms with van der Waals surface area (Å²) in [6.07, 6.45) is 2.29. The molecule has 0 radical (unpaired) electrons. The zero-order chi connectivity index (χ0) is 32.5. The van der Waals surface area contributed by atoms with Crippen LogP contribution in [0, 0.1) is 5.41 Å². The maximum absolute atomic E-state index is 2.62. The van der Waals surface area contributed by atoms with E-state index in [2.05, 4.69) is 154 Å². The first-order valence-electron chi connectivity index (χ1n) is 17.1. The quantitative estimate of drug-likeness (QED) is 0.171. The molecule has 4 heterocycles. The molecule has 2 nitrogen and oxygen atoms in total. The van der Waals surface area contributed by atoms with Gasteiger partial charge >= 0.3 is 0 Å². The highest BCUT2D eigenvalue weighted by Crippen LogP contribution is 2.52. The van der Waals surface area contributed by atoms with Crippen molar-refractivity contribution in [1.82, 2.24) is 0 Å². The van der Waals surface area contributed by atoms with E-state index in [4.69, 9.17) is 0 Å². The Kier molecular flexibility index (Phi) is 5.90. The number of fused-ring (bicyclic) bond motifs is 9. The van der Waals surface area contributed by atoms with E-state index >= 15 is 0 Å². The zero-order valence-electron chi connectivity index (χ0n) is 28.1. The molecule has 0 fully saturated rings. The average Bonchev–Trinajstić information content (AvgIpc) is 3.73. The molecule has 0 N–H and O–H groups in total. The molecule has 0 spiro atoms. The summed E-state index contributed by atoms with van der Waals surface area (Å²) in [5.41, 5.74) is 13.9. The molecule has 0 saturated heterocycles. The van der Waals surface area contributed by atoms with Crippen LogP contribution in [0.1, 0.15) is 51.3 Å². The maximum Gasteiger partial charge on any atom is 0.277 e. The van der Waals surface area contributed by atoms with Crippen molar-refractivity contribution in [2.75, 3.05) is 9.80 Å². The van der Waals surface area contributed by atoms with Gasteiger partial charge in [-0.15, -0.1) is 22.7 Å². The van der Waals surface area contributed by atoms with E-state index in [1.807, 2.05) is 22.7 Å². The van der Waals surface area contributed by atoms with Crippen LogP contribution in [-0.4, -0.2) is 6.71 Å². The fourth-order valence-corrected chi connectivity index (χ4v) is 11.3. The van der Waals surface area contributed by atoms with Gasteiger partial charge < -0.3 is 9.80 Å². The lowest BCUT2D eigenvalue weighted by molar-refractivity contribution is 0.392. The summed E-state index contributed by atoms with van der Waals surface area (Å²) in [6.45, 7) is 12.1. The Morgan fingerprint density at radius 1 is 0.604 bits per heavy atom.